The minimum absolute atomic E-state index is 0.0319. The van der Waals surface area contributed by atoms with Gasteiger partial charge in [-0.15, -0.1) is 0 Å². The van der Waals surface area contributed by atoms with Gasteiger partial charge in [-0.2, -0.15) is 0 Å². The fraction of sp³-hybridized carbons (Fsp3) is 0.111. The summed E-state index contributed by atoms with van der Waals surface area (Å²) in [5.41, 5.74) is 2.54. The van der Waals surface area contributed by atoms with E-state index in [1.54, 1.807) is 31.2 Å². The van der Waals surface area contributed by atoms with Crippen LogP contribution in [-0.4, -0.2) is 10.8 Å². The standard InChI is InChI=1S/C18H14ClNO2/c1-11-15(10-17(21)12-6-8-13(19)9-7-12)14-4-2-3-5-16(14)20-18(11)22/h2-9H,10H2,1H3,(H,20,22). The van der Waals surface area contributed by atoms with Gasteiger partial charge in [0.1, 0.15) is 0 Å². The molecular formula is C18H14ClNO2. The summed E-state index contributed by atoms with van der Waals surface area (Å²) < 4.78 is 0. The molecule has 3 nitrogen and oxygen atoms in total. The normalized spacial score (nSPS) is 10.8. The van der Waals surface area contributed by atoms with Crippen LogP contribution in [0.25, 0.3) is 10.9 Å². The van der Waals surface area contributed by atoms with Gasteiger partial charge in [-0.05, 0) is 42.8 Å². The van der Waals surface area contributed by atoms with Gasteiger partial charge in [-0.3, -0.25) is 9.59 Å². The van der Waals surface area contributed by atoms with E-state index in [-0.39, 0.29) is 17.8 Å². The minimum atomic E-state index is -0.155. The van der Waals surface area contributed by atoms with Crippen LogP contribution in [0.4, 0.5) is 0 Å². The average Bonchev–Trinajstić information content (AvgIpc) is 2.52. The number of rotatable bonds is 3. The minimum Gasteiger partial charge on any atom is -0.322 e. The lowest BCUT2D eigenvalue weighted by molar-refractivity contribution is 0.0993. The summed E-state index contributed by atoms with van der Waals surface area (Å²) in [4.78, 5) is 27.3. The molecule has 3 aromatic rings. The second-order valence-corrected chi connectivity index (χ2v) is 5.65. The fourth-order valence-electron chi connectivity index (χ4n) is 2.54. The monoisotopic (exact) mass is 311 g/mol. The number of hydrogen-bond acceptors (Lipinski definition) is 2. The molecule has 0 amide bonds. The Morgan fingerprint density at radius 2 is 1.77 bits per heavy atom. The zero-order valence-corrected chi connectivity index (χ0v) is 12.8. The molecule has 22 heavy (non-hydrogen) atoms. The van der Waals surface area contributed by atoms with E-state index in [0.717, 1.165) is 16.5 Å². The number of carbonyl (C=O) groups excluding carboxylic acids is 1. The number of H-pyrrole nitrogens is 1. The van der Waals surface area contributed by atoms with Crippen molar-refractivity contribution in [3.8, 4) is 0 Å². The SMILES string of the molecule is Cc1c(CC(=O)c2ccc(Cl)cc2)c2ccccc2[nH]c1=O. The Labute approximate surface area is 132 Å². The van der Waals surface area contributed by atoms with Gasteiger partial charge >= 0.3 is 0 Å². The molecule has 0 atom stereocenters. The number of fused-ring (bicyclic) bond motifs is 1. The molecule has 110 valence electrons. The van der Waals surface area contributed by atoms with E-state index in [9.17, 15) is 9.59 Å². The smallest absolute Gasteiger partial charge is 0.251 e. The molecule has 0 aliphatic rings. The van der Waals surface area contributed by atoms with Crippen LogP contribution in [0.3, 0.4) is 0 Å². The average molecular weight is 312 g/mol. The molecule has 1 aromatic heterocycles. The van der Waals surface area contributed by atoms with Crippen LogP contribution in [-0.2, 0) is 6.42 Å². The molecule has 2 aromatic carbocycles. The van der Waals surface area contributed by atoms with E-state index in [0.29, 0.717) is 16.1 Å². The highest BCUT2D eigenvalue weighted by molar-refractivity contribution is 6.30. The lowest BCUT2D eigenvalue weighted by atomic mass is 9.96. The van der Waals surface area contributed by atoms with Crippen molar-refractivity contribution in [3.05, 3.63) is 80.6 Å². The van der Waals surface area contributed by atoms with E-state index in [1.165, 1.54) is 0 Å². The Morgan fingerprint density at radius 1 is 1.09 bits per heavy atom. The molecule has 0 spiro atoms. The molecule has 0 radical (unpaired) electrons. The number of pyridine rings is 1. The maximum Gasteiger partial charge on any atom is 0.251 e. The van der Waals surface area contributed by atoms with E-state index in [2.05, 4.69) is 4.98 Å². The summed E-state index contributed by atoms with van der Waals surface area (Å²) >= 11 is 5.84. The van der Waals surface area contributed by atoms with Crippen molar-refractivity contribution < 1.29 is 4.79 Å². The largest absolute Gasteiger partial charge is 0.322 e. The fourth-order valence-corrected chi connectivity index (χ4v) is 2.66. The molecule has 0 saturated carbocycles. The second kappa shape index (κ2) is 5.78. The van der Waals surface area contributed by atoms with Crippen LogP contribution in [0.1, 0.15) is 21.5 Å². The Morgan fingerprint density at radius 3 is 2.50 bits per heavy atom. The highest BCUT2D eigenvalue weighted by Crippen LogP contribution is 2.20. The molecule has 0 aliphatic carbocycles. The number of ketones is 1. The first-order chi connectivity index (χ1) is 10.6. The highest BCUT2D eigenvalue weighted by Gasteiger charge is 2.14. The molecule has 0 unspecified atom stereocenters. The number of carbonyl (C=O) groups is 1. The van der Waals surface area contributed by atoms with Gasteiger partial charge in [0.15, 0.2) is 5.78 Å². The molecule has 1 N–H and O–H groups in total. The Hall–Kier alpha value is -2.39. The number of aromatic nitrogens is 1. The van der Waals surface area contributed by atoms with Gasteiger partial charge in [-0.25, -0.2) is 0 Å². The number of hydrogen-bond donors (Lipinski definition) is 1. The number of Topliss-reactive ketones (excluding diaryl/α,β-unsaturated/α-hetero) is 1. The van der Waals surface area contributed by atoms with Gasteiger partial charge in [0.2, 0.25) is 0 Å². The topological polar surface area (TPSA) is 49.9 Å². The van der Waals surface area contributed by atoms with Gasteiger partial charge < -0.3 is 4.98 Å². The maximum atomic E-state index is 12.5. The van der Waals surface area contributed by atoms with Crippen molar-refractivity contribution in [2.24, 2.45) is 0 Å². The molecular weight excluding hydrogens is 298 g/mol. The van der Waals surface area contributed by atoms with Crippen molar-refractivity contribution in [3.63, 3.8) is 0 Å². The number of benzene rings is 2. The number of halogens is 1. The van der Waals surface area contributed by atoms with Gasteiger partial charge in [0.05, 0.1) is 0 Å². The quantitative estimate of drug-likeness (QED) is 0.745. The Bertz CT molecular complexity index is 911. The Kier molecular flexibility index (Phi) is 3.82. The van der Waals surface area contributed by atoms with E-state index in [1.807, 2.05) is 24.3 Å². The predicted octanol–water partition coefficient (Wildman–Crippen LogP) is 3.92. The van der Waals surface area contributed by atoms with Gasteiger partial charge in [-0.1, -0.05) is 29.8 Å². The summed E-state index contributed by atoms with van der Waals surface area (Å²) in [6, 6.07) is 14.3. The number of aromatic amines is 1. The number of para-hydroxylation sites is 1. The predicted molar refractivity (Wildman–Crippen MR) is 88.8 cm³/mol. The van der Waals surface area contributed by atoms with E-state index < -0.39 is 0 Å². The summed E-state index contributed by atoms with van der Waals surface area (Å²) in [6.07, 6.45) is 0.192. The first kappa shape index (κ1) is 14.5. The van der Waals surface area contributed by atoms with Crippen LogP contribution < -0.4 is 5.56 Å². The number of nitrogens with one attached hydrogen (secondary N) is 1. The molecule has 0 bridgehead atoms. The van der Waals surface area contributed by atoms with Crippen molar-refractivity contribution in [2.45, 2.75) is 13.3 Å². The first-order valence-electron chi connectivity index (χ1n) is 6.95. The third-order valence-corrected chi connectivity index (χ3v) is 4.05. The lowest BCUT2D eigenvalue weighted by Crippen LogP contribution is -2.15. The molecule has 0 fully saturated rings. The molecule has 0 aliphatic heterocycles. The summed E-state index contributed by atoms with van der Waals surface area (Å²) in [5.74, 6) is -0.0319. The first-order valence-corrected chi connectivity index (χ1v) is 7.33. The molecule has 0 saturated heterocycles. The van der Waals surface area contributed by atoms with Crippen LogP contribution >= 0.6 is 11.6 Å². The van der Waals surface area contributed by atoms with Crippen molar-refractivity contribution in [2.75, 3.05) is 0 Å². The summed E-state index contributed by atoms with van der Waals surface area (Å²) in [6.45, 7) is 1.75. The van der Waals surface area contributed by atoms with Crippen LogP contribution in [0.15, 0.2) is 53.3 Å². The van der Waals surface area contributed by atoms with Crippen molar-refractivity contribution in [1.29, 1.82) is 0 Å². The van der Waals surface area contributed by atoms with Crippen LogP contribution in [0.5, 0.6) is 0 Å². The van der Waals surface area contributed by atoms with Crippen LogP contribution in [0.2, 0.25) is 5.02 Å². The summed E-state index contributed by atoms with van der Waals surface area (Å²) in [5, 5.41) is 1.50. The van der Waals surface area contributed by atoms with E-state index in [4.69, 9.17) is 11.6 Å². The van der Waals surface area contributed by atoms with Crippen molar-refractivity contribution in [1.82, 2.24) is 4.98 Å². The summed E-state index contributed by atoms with van der Waals surface area (Å²) in [7, 11) is 0. The maximum absolute atomic E-state index is 12.5. The lowest BCUT2D eigenvalue weighted by Gasteiger charge is -2.09. The van der Waals surface area contributed by atoms with Gasteiger partial charge in [0, 0.05) is 33.5 Å². The van der Waals surface area contributed by atoms with Gasteiger partial charge in [0.25, 0.3) is 5.56 Å². The van der Waals surface area contributed by atoms with Crippen LogP contribution in [0, 0.1) is 6.92 Å². The van der Waals surface area contributed by atoms with E-state index >= 15 is 0 Å². The second-order valence-electron chi connectivity index (χ2n) is 5.21. The Balaban J connectivity index is 2.07. The third-order valence-electron chi connectivity index (χ3n) is 3.80. The zero-order chi connectivity index (χ0) is 15.7. The third kappa shape index (κ3) is 2.68. The molecule has 1 heterocycles. The zero-order valence-electron chi connectivity index (χ0n) is 12.0. The van der Waals surface area contributed by atoms with Crippen molar-refractivity contribution >= 4 is 28.3 Å². The highest BCUT2D eigenvalue weighted by atomic mass is 35.5. The molecule has 4 heteroatoms. The molecule has 3 rings (SSSR count).